The Morgan fingerprint density at radius 1 is 1.19 bits per heavy atom. The lowest BCUT2D eigenvalue weighted by Gasteiger charge is -2.19. The summed E-state index contributed by atoms with van der Waals surface area (Å²) in [6.45, 7) is 2.69. The van der Waals surface area contributed by atoms with E-state index in [1.807, 2.05) is 25.1 Å². The van der Waals surface area contributed by atoms with Gasteiger partial charge in [-0.2, -0.15) is 0 Å². The highest BCUT2D eigenvalue weighted by Crippen LogP contribution is 2.21. The van der Waals surface area contributed by atoms with Crippen molar-refractivity contribution in [2.24, 2.45) is 0 Å². The molecule has 0 aromatic heterocycles. The molecule has 0 aliphatic carbocycles. The number of amides is 2. The number of carbonyl (C=O) groups excluding carboxylic acids is 2. The maximum Gasteiger partial charge on any atom is 0.252 e. The quantitative estimate of drug-likeness (QED) is 0.807. The van der Waals surface area contributed by atoms with Crippen LogP contribution in [0.25, 0.3) is 0 Å². The Kier molecular flexibility index (Phi) is 7.04. The second-order valence-corrected chi connectivity index (χ2v) is 6.46. The van der Waals surface area contributed by atoms with Gasteiger partial charge >= 0.3 is 0 Å². The van der Waals surface area contributed by atoms with Gasteiger partial charge in [0.1, 0.15) is 5.75 Å². The third kappa shape index (κ3) is 5.23. The number of aryl methyl sites for hydroxylation is 1. The van der Waals surface area contributed by atoms with Crippen LogP contribution in [0.4, 0.5) is 0 Å². The highest BCUT2D eigenvalue weighted by molar-refractivity contribution is 6.33. The van der Waals surface area contributed by atoms with Crippen LogP contribution < -0.4 is 10.1 Å². The third-order valence-electron chi connectivity index (χ3n) is 4.01. The SMILES string of the molecule is COc1ccc(C)cc1CN(C)C(=O)CCNC(=O)c1ccccc1Cl. The van der Waals surface area contributed by atoms with Crippen molar-refractivity contribution in [1.82, 2.24) is 10.2 Å². The number of nitrogens with zero attached hydrogens (tertiary/aromatic N) is 1. The third-order valence-corrected chi connectivity index (χ3v) is 4.34. The van der Waals surface area contributed by atoms with Crippen LogP contribution in [0.5, 0.6) is 5.75 Å². The van der Waals surface area contributed by atoms with Crippen molar-refractivity contribution < 1.29 is 14.3 Å². The van der Waals surface area contributed by atoms with Crippen molar-refractivity contribution in [1.29, 1.82) is 0 Å². The molecule has 1 N–H and O–H groups in total. The second kappa shape index (κ2) is 9.25. The summed E-state index contributed by atoms with van der Waals surface area (Å²) in [5.41, 5.74) is 2.46. The zero-order valence-electron chi connectivity index (χ0n) is 15.2. The molecule has 2 rings (SSSR count). The summed E-state index contributed by atoms with van der Waals surface area (Å²) >= 11 is 5.99. The summed E-state index contributed by atoms with van der Waals surface area (Å²) in [7, 11) is 3.35. The number of hydrogen-bond acceptors (Lipinski definition) is 3. The van der Waals surface area contributed by atoms with Crippen LogP contribution >= 0.6 is 11.6 Å². The summed E-state index contributed by atoms with van der Waals surface area (Å²) in [6.07, 6.45) is 0.209. The van der Waals surface area contributed by atoms with Gasteiger partial charge in [0.05, 0.1) is 17.7 Å². The maximum atomic E-state index is 12.3. The van der Waals surface area contributed by atoms with Crippen molar-refractivity contribution in [2.75, 3.05) is 20.7 Å². The first-order valence-electron chi connectivity index (χ1n) is 8.32. The number of halogens is 1. The fourth-order valence-corrected chi connectivity index (χ4v) is 2.81. The minimum absolute atomic E-state index is 0.0620. The molecular weight excluding hydrogens is 352 g/mol. The van der Waals surface area contributed by atoms with Crippen LogP contribution in [-0.2, 0) is 11.3 Å². The largest absolute Gasteiger partial charge is 0.496 e. The van der Waals surface area contributed by atoms with E-state index in [-0.39, 0.29) is 24.8 Å². The number of rotatable bonds is 7. The van der Waals surface area contributed by atoms with Gasteiger partial charge in [-0.1, -0.05) is 41.4 Å². The van der Waals surface area contributed by atoms with Crippen molar-refractivity contribution >= 4 is 23.4 Å². The number of nitrogens with one attached hydrogen (secondary N) is 1. The van der Waals surface area contributed by atoms with E-state index in [4.69, 9.17) is 16.3 Å². The van der Waals surface area contributed by atoms with Crippen LogP contribution in [0.15, 0.2) is 42.5 Å². The van der Waals surface area contributed by atoms with Gasteiger partial charge < -0.3 is 15.0 Å². The van der Waals surface area contributed by atoms with Gasteiger partial charge in [0.2, 0.25) is 5.91 Å². The van der Waals surface area contributed by atoms with Gasteiger partial charge in [0.15, 0.2) is 0 Å². The van der Waals surface area contributed by atoms with E-state index in [0.29, 0.717) is 17.1 Å². The van der Waals surface area contributed by atoms with E-state index in [9.17, 15) is 9.59 Å². The molecule has 0 saturated carbocycles. The first-order valence-corrected chi connectivity index (χ1v) is 8.70. The Bertz CT molecular complexity index is 792. The molecule has 0 radical (unpaired) electrons. The van der Waals surface area contributed by atoms with Crippen LogP contribution in [0.2, 0.25) is 5.02 Å². The number of hydrogen-bond donors (Lipinski definition) is 1. The molecule has 0 saturated heterocycles. The summed E-state index contributed by atoms with van der Waals surface area (Å²) in [4.78, 5) is 26.0. The number of carbonyl (C=O) groups is 2. The van der Waals surface area contributed by atoms with Gasteiger partial charge in [0.25, 0.3) is 5.91 Å². The van der Waals surface area contributed by atoms with Crippen molar-refractivity contribution in [3.8, 4) is 5.75 Å². The van der Waals surface area contributed by atoms with Crippen LogP contribution in [0.3, 0.4) is 0 Å². The minimum Gasteiger partial charge on any atom is -0.496 e. The highest BCUT2D eigenvalue weighted by Gasteiger charge is 2.14. The molecule has 2 amide bonds. The van der Waals surface area contributed by atoms with Crippen LogP contribution in [-0.4, -0.2) is 37.4 Å². The molecule has 0 fully saturated rings. The molecule has 0 bridgehead atoms. The Labute approximate surface area is 158 Å². The molecule has 0 unspecified atom stereocenters. The summed E-state index contributed by atoms with van der Waals surface area (Å²) < 4.78 is 5.35. The lowest BCUT2D eigenvalue weighted by Crippen LogP contribution is -2.32. The maximum absolute atomic E-state index is 12.3. The molecule has 2 aromatic rings. The standard InChI is InChI=1S/C20H23ClN2O3/c1-14-8-9-18(26-3)15(12-14)13-23(2)19(24)10-11-22-20(25)16-6-4-5-7-17(16)21/h4-9,12H,10-11,13H2,1-3H3,(H,22,25). The topological polar surface area (TPSA) is 58.6 Å². The molecular formula is C20H23ClN2O3. The minimum atomic E-state index is -0.286. The summed E-state index contributed by atoms with van der Waals surface area (Å²) in [5, 5.41) is 3.11. The number of benzene rings is 2. The Hall–Kier alpha value is -2.53. The monoisotopic (exact) mass is 374 g/mol. The Morgan fingerprint density at radius 2 is 1.92 bits per heavy atom. The van der Waals surface area contributed by atoms with E-state index >= 15 is 0 Å². The zero-order valence-corrected chi connectivity index (χ0v) is 16.0. The first kappa shape index (κ1) is 19.8. The average Bonchev–Trinajstić information content (AvgIpc) is 2.62. The smallest absolute Gasteiger partial charge is 0.252 e. The lowest BCUT2D eigenvalue weighted by molar-refractivity contribution is -0.130. The van der Waals surface area contributed by atoms with Gasteiger partial charge in [-0.15, -0.1) is 0 Å². The molecule has 0 aliphatic heterocycles. The van der Waals surface area contributed by atoms with E-state index in [1.165, 1.54) is 0 Å². The normalized spacial score (nSPS) is 10.3. The Balaban J connectivity index is 1.87. The lowest BCUT2D eigenvalue weighted by atomic mass is 10.1. The van der Waals surface area contributed by atoms with Gasteiger partial charge in [-0.25, -0.2) is 0 Å². The molecule has 0 spiro atoms. The molecule has 26 heavy (non-hydrogen) atoms. The van der Waals surface area contributed by atoms with Gasteiger partial charge in [-0.3, -0.25) is 9.59 Å². The molecule has 138 valence electrons. The first-order chi connectivity index (χ1) is 12.4. The molecule has 0 heterocycles. The molecule has 0 aliphatic rings. The van der Waals surface area contributed by atoms with E-state index in [2.05, 4.69) is 5.32 Å². The molecule has 6 heteroatoms. The average molecular weight is 375 g/mol. The van der Waals surface area contributed by atoms with Crippen LogP contribution in [0, 0.1) is 6.92 Å². The van der Waals surface area contributed by atoms with E-state index < -0.39 is 0 Å². The summed E-state index contributed by atoms with van der Waals surface area (Å²) in [6, 6.07) is 12.7. The second-order valence-electron chi connectivity index (χ2n) is 6.05. The van der Waals surface area contributed by atoms with Crippen LogP contribution in [0.1, 0.15) is 27.9 Å². The van der Waals surface area contributed by atoms with Crippen molar-refractivity contribution in [3.05, 3.63) is 64.2 Å². The molecule has 2 aromatic carbocycles. The van der Waals surface area contributed by atoms with Crippen molar-refractivity contribution in [3.63, 3.8) is 0 Å². The van der Waals surface area contributed by atoms with Gasteiger partial charge in [-0.05, 0) is 25.1 Å². The van der Waals surface area contributed by atoms with E-state index in [1.54, 1.807) is 43.3 Å². The number of ether oxygens (including phenoxy) is 1. The zero-order chi connectivity index (χ0) is 19.1. The van der Waals surface area contributed by atoms with Gasteiger partial charge in [0, 0.05) is 32.1 Å². The molecule has 5 nitrogen and oxygen atoms in total. The van der Waals surface area contributed by atoms with Crippen molar-refractivity contribution in [2.45, 2.75) is 19.9 Å². The highest BCUT2D eigenvalue weighted by atomic mass is 35.5. The predicted octanol–water partition coefficient (Wildman–Crippen LogP) is 3.44. The fraction of sp³-hybridized carbons (Fsp3) is 0.300. The molecule has 0 atom stereocenters. The predicted molar refractivity (Wildman–Crippen MR) is 103 cm³/mol. The Morgan fingerprint density at radius 3 is 2.62 bits per heavy atom. The summed E-state index contributed by atoms with van der Waals surface area (Å²) in [5.74, 6) is 0.404. The van der Waals surface area contributed by atoms with E-state index in [0.717, 1.165) is 16.9 Å². The number of methoxy groups -OCH3 is 1. The fourth-order valence-electron chi connectivity index (χ4n) is 2.59.